The molecule has 2 aromatic carbocycles. The molecule has 1 N–H and O–H groups in total. The Morgan fingerprint density at radius 2 is 1.92 bits per heavy atom. The molecular formula is C17H11Cl2N3O4. The minimum Gasteiger partial charge on any atom is -0.323 e. The first kappa shape index (κ1) is 17.9. The predicted octanol–water partition coefficient (Wildman–Crippen LogP) is 3.86. The molecule has 0 fully saturated rings. The van der Waals surface area contributed by atoms with Crippen LogP contribution in [0, 0.1) is 10.1 Å². The second-order valence-corrected chi connectivity index (χ2v) is 6.19. The zero-order valence-corrected chi connectivity index (χ0v) is 14.6. The lowest BCUT2D eigenvalue weighted by molar-refractivity contribution is -0.384. The Kier molecular flexibility index (Phi) is 4.92. The van der Waals surface area contributed by atoms with E-state index in [0.29, 0.717) is 21.6 Å². The molecule has 1 heterocycles. The van der Waals surface area contributed by atoms with Crippen molar-refractivity contribution < 1.29 is 9.72 Å². The van der Waals surface area contributed by atoms with Crippen molar-refractivity contribution in [2.24, 2.45) is 0 Å². The molecule has 132 valence electrons. The number of nitrogens with zero attached hydrogens (tertiary/aromatic N) is 2. The van der Waals surface area contributed by atoms with Crippen LogP contribution in [0.25, 0.3) is 10.9 Å². The Morgan fingerprint density at radius 1 is 1.15 bits per heavy atom. The second-order valence-electron chi connectivity index (χ2n) is 5.41. The first-order valence-electron chi connectivity index (χ1n) is 7.38. The van der Waals surface area contributed by atoms with Gasteiger partial charge in [0, 0.05) is 23.6 Å². The number of hydrogen-bond donors (Lipinski definition) is 1. The summed E-state index contributed by atoms with van der Waals surface area (Å²) >= 11 is 11.9. The standard InChI is InChI=1S/C17H11Cl2N3O4/c18-12-2-1-3-13(17(12)19)20-15(23)9-21-14-6-5-11(22(25)26)8-10(14)4-7-16(21)24/h1-8H,9H2,(H,20,23). The molecule has 0 atom stereocenters. The highest BCUT2D eigenvalue weighted by atomic mass is 35.5. The Hall–Kier alpha value is -2.90. The summed E-state index contributed by atoms with van der Waals surface area (Å²) in [6.45, 7) is -0.281. The van der Waals surface area contributed by atoms with Crippen LogP contribution < -0.4 is 10.9 Å². The lowest BCUT2D eigenvalue weighted by atomic mass is 10.2. The number of non-ortho nitro benzene ring substituents is 1. The second kappa shape index (κ2) is 7.15. The maximum atomic E-state index is 12.3. The predicted molar refractivity (Wildman–Crippen MR) is 100.0 cm³/mol. The van der Waals surface area contributed by atoms with Crippen LogP contribution in [0.4, 0.5) is 11.4 Å². The highest BCUT2D eigenvalue weighted by Crippen LogP contribution is 2.29. The summed E-state index contributed by atoms with van der Waals surface area (Å²) in [5.74, 6) is -0.484. The molecule has 0 aliphatic rings. The summed E-state index contributed by atoms with van der Waals surface area (Å²) in [4.78, 5) is 34.9. The van der Waals surface area contributed by atoms with Crippen molar-refractivity contribution in [3.63, 3.8) is 0 Å². The molecule has 0 radical (unpaired) electrons. The van der Waals surface area contributed by atoms with Crippen molar-refractivity contribution in [3.05, 3.63) is 79.0 Å². The molecule has 26 heavy (non-hydrogen) atoms. The van der Waals surface area contributed by atoms with Crippen molar-refractivity contribution >= 4 is 51.4 Å². The van der Waals surface area contributed by atoms with Crippen molar-refractivity contribution in [1.29, 1.82) is 0 Å². The van der Waals surface area contributed by atoms with Crippen LogP contribution in [-0.4, -0.2) is 15.4 Å². The summed E-state index contributed by atoms with van der Waals surface area (Å²) in [5, 5.41) is 14.5. The van der Waals surface area contributed by atoms with Gasteiger partial charge in [0.1, 0.15) is 6.54 Å². The number of anilines is 1. The molecule has 0 saturated carbocycles. The maximum Gasteiger partial charge on any atom is 0.270 e. The van der Waals surface area contributed by atoms with Crippen LogP contribution in [0.3, 0.4) is 0 Å². The van der Waals surface area contributed by atoms with E-state index in [2.05, 4.69) is 5.32 Å². The summed E-state index contributed by atoms with van der Waals surface area (Å²) in [6, 6.07) is 11.6. The minimum absolute atomic E-state index is 0.0992. The largest absolute Gasteiger partial charge is 0.323 e. The van der Waals surface area contributed by atoms with Crippen LogP contribution >= 0.6 is 23.2 Å². The van der Waals surface area contributed by atoms with E-state index in [0.717, 1.165) is 0 Å². The van der Waals surface area contributed by atoms with Gasteiger partial charge in [0.15, 0.2) is 0 Å². The van der Waals surface area contributed by atoms with Gasteiger partial charge in [-0.1, -0.05) is 29.3 Å². The highest BCUT2D eigenvalue weighted by molar-refractivity contribution is 6.43. The van der Waals surface area contributed by atoms with E-state index in [-0.39, 0.29) is 17.3 Å². The fourth-order valence-corrected chi connectivity index (χ4v) is 2.85. The number of benzene rings is 2. The van der Waals surface area contributed by atoms with E-state index in [1.807, 2.05) is 0 Å². The fourth-order valence-electron chi connectivity index (χ4n) is 2.50. The van der Waals surface area contributed by atoms with Crippen molar-refractivity contribution in [3.8, 4) is 0 Å². The summed E-state index contributed by atoms with van der Waals surface area (Å²) < 4.78 is 1.23. The number of nitro groups is 1. The molecule has 7 nitrogen and oxygen atoms in total. The van der Waals surface area contributed by atoms with Crippen LogP contribution in [-0.2, 0) is 11.3 Å². The molecule has 3 aromatic rings. The molecule has 0 unspecified atom stereocenters. The van der Waals surface area contributed by atoms with Gasteiger partial charge >= 0.3 is 0 Å². The van der Waals surface area contributed by atoms with Crippen LogP contribution in [0.5, 0.6) is 0 Å². The van der Waals surface area contributed by atoms with E-state index in [4.69, 9.17) is 23.2 Å². The zero-order chi connectivity index (χ0) is 18.8. The zero-order valence-electron chi connectivity index (χ0n) is 13.1. The molecule has 1 amide bonds. The summed E-state index contributed by atoms with van der Waals surface area (Å²) in [5.41, 5.74) is 0.236. The molecule has 0 spiro atoms. The Balaban J connectivity index is 1.93. The lowest BCUT2D eigenvalue weighted by Gasteiger charge is -2.11. The van der Waals surface area contributed by atoms with E-state index in [9.17, 15) is 19.7 Å². The van der Waals surface area contributed by atoms with Crippen molar-refractivity contribution in [1.82, 2.24) is 4.57 Å². The smallest absolute Gasteiger partial charge is 0.270 e. The number of carbonyl (C=O) groups excluding carboxylic acids is 1. The topological polar surface area (TPSA) is 94.2 Å². The highest BCUT2D eigenvalue weighted by Gasteiger charge is 2.13. The monoisotopic (exact) mass is 391 g/mol. The molecule has 0 aliphatic heterocycles. The van der Waals surface area contributed by atoms with Gasteiger partial charge in [0.05, 0.1) is 26.2 Å². The molecule has 9 heteroatoms. The molecule has 0 aliphatic carbocycles. The van der Waals surface area contributed by atoms with Gasteiger partial charge in [-0.2, -0.15) is 0 Å². The number of hydrogen-bond acceptors (Lipinski definition) is 4. The fraction of sp³-hybridized carbons (Fsp3) is 0.0588. The first-order valence-corrected chi connectivity index (χ1v) is 8.14. The van der Waals surface area contributed by atoms with E-state index < -0.39 is 16.4 Å². The van der Waals surface area contributed by atoms with Crippen molar-refractivity contribution in [2.75, 3.05) is 5.32 Å². The van der Waals surface area contributed by atoms with Crippen LogP contribution in [0.1, 0.15) is 0 Å². The number of halogens is 2. The third-order valence-electron chi connectivity index (χ3n) is 3.71. The van der Waals surface area contributed by atoms with E-state index >= 15 is 0 Å². The number of pyridine rings is 1. The van der Waals surface area contributed by atoms with Crippen molar-refractivity contribution in [2.45, 2.75) is 6.54 Å². The summed E-state index contributed by atoms with van der Waals surface area (Å²) in [6.07, 6.45) is 0. The van der Waals surface area contributed by atoms with E-state index in [1.54, 1.807) is 18.2 Å². The number of carbonyl (C=O) groups is 1. The Morgan fingerprint density at radius 3 is 2.65 bits per heavy atom. The SMILES string of the molecule is O=C(Cn1c(=O)ccc2cc([N+](=O)[O-])ccc21)Nc1cccc(Cl)c1Cl. The summed E-state index contributed by atoms with van der Waals surface area (Å²) in [7, 11) is 0. The Labute approximate surface area is 156 Å². The molecule has 3 rings (SSSR count). The number of amides is 1. The third-order valence-corrected chi connectivity index (χ3v) is 4.53. The van der Waals surface area contributed by atoms with Gasteiger partial charge in [-0.25, -0.2) is 0 Å². The normalized spacial score (nSPS) is 10.7. The quantitative estimate of drug-likeness (QED) is 0.539. The molecule has 0 saturated heterocycles. The third kappa shape index (κ3) is 3.54. The Bertz CT molecular complexity index is 1100. The van der Waals surface area contributed by atoms with Crippen LogP contribution in [0.2, 0.25) is 10.0 Å². The van der Waals surface area contributed by atoms with Crippen LogP contribution in [0.15, 0.2) is 53.3 Å². The molecule has 1 aromatic heterocycles. The average Bonchev–Trinajstić information content (AvgIpc) is 2.61. The van der Waals surface area contributed by atoms with E-state index in [1.165, 1.54) is 34.9 Å². The maximum absolute atomic E-state index is 12.3. The number of nitro benzene ring substituents is 1. The number of nitrogens with one attached hydrogen (secondary N) is 1. The number of fused-ring (bicyclic) bond motifs is 1. The minimum atomic E-state index is -0.525. The molecule has 0 bridgehead atoms. The number of aromatic nitrogens is 1. The van der Waals surface area contributed by atoms with Gasteiger partial charge in [0.2, 0.25) is 5.91 Å². The van der Waals surface area contributed by atoms with Gasteiger partial charge in [-0.3, -0.25) is 24.3 Å². The van der Waals surface area contributed by atoms with Gasteiger partial charge < -0.3 is 5.32 Å². The van der Waals surface area contributed by atoms with Gasteiger partial charge in [-0.15, -0.1) is 0 Å². The van der Waals surface area contributed by atoms with Gasteiger partial charge in [0.25, 0.3) is 11.2 Å². The lowest BCUT2D eigenvalue weighted by Crippen LogP contribution is -2.27. The average molecular weight is 392 g/mol. The molecular weight excluding hydrogens is 381 g/mol. The number of rotatable bonds is 4. The first-order chi connectivity index (χ1) is 12.4. The van der Waals surface area contributed by atoms with Gasteiger partial charge in [-0.05, 0) is 24.3 Å².